The van der Waals surface area contributed by atoms with Gasteiger partial charge in [0.1, 0.15) is 13.2 Å². The number of esters is 1. The van der Waals surface area contributed by atoms with Gasteiger partial charge in [0.05, 0.1) is 16.1 Å². The Balaban J connectivity index is 1.24. The number of carbonyl (C=O) groups excluding carboxylic acids is 2. The molecule has 0 radical (unpaired) electrons. The van der Waals surface area contributed by atoms with Gasteiger partial charge in [-0.25, -0.2) is 13.2 Å². The monoisotopic (exact) mass is 528 g/mol. The molecule has 2 N–H and O–H groups in total. The van der Waals surface area contributed by atoms with Gasteiger partial charge in [-0.15, -0.1) is 0 Å². The Morgan fingerprint density at radius 2 is 1.76 bits per heavy atom. The molecule has 9 nitrogen and oxygen atoms in total. The van der Waals surface area contributed by atoms with Gasteiger partial charge in [-0.1, -0.05) is 18.6 Å². The van der Waals surface area contributed by atoms with Gasteiger partial charge >= 0.3 is 5.97 Å². The van der Waals surface area contributed by atoms with Crippen LogP contribution in [0.5, 0.6) is 11.5 Å². The molecule has 198 valence electrons. The van der Waals surface area contributed by atoms with E-state index in [1.54, 1.807) is 12.1 Å². The molecule has 5 rings (SSSR count). The summed E-state index contributed by atoms with van der Waals surface area (Å²) in [5, 5.41) is 3.01. The van der Waals surface area contributed by atoms with Gasteiger partial charge in [0, 0.05) is 12.1 Å². The van der Waals surface area contributed by atoms with Crippen LogP contribution in [-0.4, -0.2) is 45.7 Å². The van der Waals surface area contributed by atoms with Crippen molar-refractivity contribution in [2.75, 3.05) is 17.9 Å². The summed E-state index contributed by atoms with van der Waals surface area (Å²) in [7, 11) is -4.05. The van der Waals surface area contributed by atoms with Crippen LogP contribution in [0.3, 0.4) is 0 Å². The normalized spacial score (nSPS) is 23.7. The van der Waals surface area contributed by atoms with E-state index in [0.717, 1.165) is 12.3 Å². The zero-order valence-corrected chi connectivity index (χ0v) is 21.8. The Morgan fingerprint density at radius 3 is 2.49 bits per heavy atom. The molecule has 37 heavy (non-hydrogen) atoms. The first kappa shape index (κ1) is 25.4. The van der Waals surface area contributed by atoms with Crippen molar-refractivity contribution in [1.82, 2.24) is 5.32 Å². The molecule has 1 aliphatic heterocycles. The lowest BCUT2D eigenvalue weighted by atomic mass is 9.84. The molecule has 1 heterocycles. The highest BCUT2D eigenvalue weighted by Gasteiger charge is 2.42. The Bertz CT molecular complexity index is 1300. The van der Waals surface area contributed by atoms with Crippen LogP contribution in [0.2, 0.25) is 0 Å². The molecule has 0 aromatic heterocycles. The zero-order valence-electron chi connectivity index (χ0n) is 20.9. The molecule has 2 aliphatic carbocycles. The first-order chi connectivity index (χ1) is 17.7. The third-order valence-corrected chi connectivity index (χ3v) is 9.04. The van der Waals surface area contributed by atoms with E-state index in [2.05, 4.69) is 10.0 Å². The highest BCUT2D eigenvalue weighted by Crippen LogP contribution is 2.49. The fourth-order valence-electron chi connectivity index (χ4n) is 5.78. The van der Waals surface area contributed by atoms with E-state index >= 15 is 0 Å². The standard InChI is InChI=1S/C27H32N2O7S/c1-16(22-14-18-7-8-19(22)13-18)28-26(30)17(2)36-27(31)21-5-3-4-6-23(21)29-37(32,33)20-9-10-24-25(15-20)35-12-11-34-24/h3-6,9-10,15-19,22,29H,7-8,11-14H2,1-2H3,(H,28,30)/t16-,17-,18-,19-,22-/m1/s1. The number of carbonyl (C=O) groups is 2. The number of rotatable bonds is 8. The largest absolute Gasteiger partial charge is 0.486 e. The fourth-order valence-corrected chi connectivity index (χ4v) is 6.87. The quantitative estimate of drug-likeness (QED) is 0.501. The van der Waals surface area contributed by atoms with Crippen LogP contribution < -0.4 is 19.5 Å². The second kappa shape index (κ2) is 10.2. The topological polar surface area (TPSA) is 120 Å². The van der Waals surface area contributed by atoms with Gasteiger partial charge in [-0.05, 0) is 75.1 Å². The van der Waals surface area contributed by atoms with Crippen molar-refractivity contribution >= 4 is 27.6 Å². The van der Waals surface area contributed by atoms with E-state index in [4.69, 9.17) is 14.2 Å². The smallest absolute Gasteiger partial charge is 0.341 e. The van der Waals surface area contributed by atoms with Crippen molar-refractivity contribution in [3.8, 4) is 11.5 Å². The number of sulfonamides is 1. The van der Waals surface area contributed by atoms with E-state index in [9.17, 15) is 18.0 Å². The van der Waals surface area contributed by atoms with Crippen molar-refractivity contribution in [3.05, 3.63) is 48.0 Å². The number of benzene rings is 2. The third-order valence-electron chi connectivity index (χ3n) is 7.67. The molecule has 0 saturated heterocycles. The molecule has 5 atom stereocenters. The lowest BCUT2D eigenvalue weighted by Crippen LogP contribution is -2.45. The van der Waals surface area contributed by atoms with Crippen molar-refractivity contribution in [3.63, 3.8) is 0 Å². The minimum atomic E-state index is -4.05. The molecule has 0 spiro atoms. The van der Waals surface area contributed by atoms with Crippen molar-refractivity contribution in [1.29, 1.82) is 0 Å². The van der Waals surface area contributed by atoms with Crippen LogP contribution in [0.4, 0.5) is 5.69 Å². The maximum absolute atomic E-state index is 13.1. The Labute approximate surface area is 216 Å². The lowest BCUT2D eigenvalue weighted by molar-refractivity contribution is -0.130. The first-order valence-corrected chi connectivity index (χ1v) is 14.2. The number of para-hydroxylation sites is 1. The van der Waals surface area contributed by atoms with Gasteiger partial charge in [0.15, 0.2) is 17.6 Å². The molecule has 10 heteroatoms. The minimum absolute atomic E-state index is 0.00409. The first-order valence-electron chi connectivity index (χ1n) is 12.7. The summed E-state index contributed by atoms with van der Waals surface area (Å²) >= 11 is 0. The number of fused-ring (bicyclic) bond motifs is 3. The van der Waals surface area contributed by atoms with Crippen LogP contribution in [0, 0.1) is 17.8 Å². The molecule has 2 aromatic rings. The van der Waals surface area contributed by atoms with E-state index < -0.39 is 22.1 Å². The van der Waals surface area contributed by atoms with Crippen molar-refractivity contribution in [2.45, 2.75) is 56.6 Å². The molecule has 2 saturated carbocycles. The Hall–Kier alpha value is -3.27. The molecular formula is C27H32N2O7S. The zero-order chi connectivity index (χ0) is 26.2. The molecule has 3 aliphatic rings. The van der Waals surface area contributed by atoms with E-state index in [1.165, 1.54) is 56.5 Å². The molecule has 2 fully saturated rings. The highest BCUT2D eigenvalue weighted by molar-refractivity contribution is 7.92. The Kier molecular flexibility index (Phi) is 7.02. The van der Waals surface area contributed by atoms with Crippen molar-refractivity contribution < 1.29 is 32.2 Å². The fraction of sp³-hybridized carbons (Fsp3) is 0.481. The Morgan fingerprint density at radius 1 is 1.00 bits per heavy atom. The summed E-state index contributed by atoms with van der Waals surface area (Å²) < 4.78 is 45.0. The summed E-state index contributed by atoms with van der Waals surface area (Å²) in [6.45, 7) is 4.25. The number of hydrogen-bond donors (Lipinski definition) is 2. The van der Waals surface area contributed by atoms with Crippen LogP contribution in [0.15, 0.2) is 47.4 Å². The lowest BCUT2D eigenvalue weighted by Gasteiger charge is -2.29. The molecule has 0 unspecified atom stereocenters. The number of amides is 1. The predicted molar refractivity (Wildman–Crippen MR) is 136 cm³/mol. The average Bonchev–Trinajstić information content (AvgIpc) is 3.52. The van der Waals surface area contributed by atoms with Crippen LogP contribution >= 0.6 is 0 Å². The van der Waals surface area contributed by atoms with Gasteiger partial charge in [-0.2, -0.15) is 0 Å². The molecule has 2 bridgehead atoms. The molecular weight excluding hydrogens is 496 g/mol. The third kappa shape index (κ3) is 5.39. The van der Waals surface area contributed by atoms with Gasteiger partial charge in [0.2, 0.25) is 0 Å². The second-order valence-corrected chi connectivity index (χ2v) is 11.8. The summed E-state index contributed by atoms with van der Waals surface area (Å²) in [5.41, 5.74) is 0.0507. The number of ether oxygens (including phenoxy) is 3. The SMILES string of the molecule is C[C@@H](OC(=O)c1ccccc1NS(=O)(=O)c1ccc2c(c1)OCCO2)C(=O)N[C@H](C)[C@H]1C[C@@H]2CC[C@@H]1C2. The van der Waals surface area contributed by atoms with Crippen molar-refractivity contribution in [2.24, 2.45) is 17.8 Å². The van der Waals surface area contributed by atoms with E-state index in [-0.39, 0.29) is 28.1 Å². The molecule has 1 amide bonds. The summed E-state index contributed by atoms with van der Waals surface area (Å²) in [5.74, 6) is 1.53. The van der Waals surface area contributed by atoms with Gasteiger partial charge < -0.3 is 19.5 Å². The average molecular weight is 529 g/mol. The summed E-state index contributed by atoms with van der Waals surface area (Å²) in [6, 6.07) is 10.4. The van der Waals surface area contributed by atoms with Gasteiger partial charge in [-0.3, -0.25) is 9.52 Å². The van der Waals surface area contributed by atoms with Crippen LogP contribution in [0.1, 0.15) is 49.9 Å². The van der Waals surface area contributed by atoms with E-state index in [0.29, 0.717) is 36.5 Å². The highest BCUT2D eigenvalue weighted by atomic mass is 32.2. The van der Waals surface area contributed by atoms with Crippen LogP contribution in [-0.2, 0) is 19.6 Å². The second-order valence-electron chi connectivity index (χ2n) is 10.1. The summed E-state index contributed by atoms with van der Waals surface area (Å²) in [6.07, 6.45) is 3.86. The van der Waals surface area contributed by atoms with E-state index in [1.807, 2.05) is 6.92 Å². The maximum Gasteiger partial charge on any atom is 0.341 e. The predicted octanol–water partition coefficient (Wildman–Crippen LogP) is 3.74. The molecule has 2 aromatic carbocycles. The maximum atomic E-state index is 13.1. The number of nitrogens with one attached hydrogen (secondary N) is 2. The van der Waals surface area contributed by atoms with Crippen LogP contribution in [0.25, 0.3) is 0 Å². The van der Waals surface area contributed by atoms with Gasteiger partial charge in [0.25, 0.3) is 15.9 Å². The minimum Gasteiger partial charge on any atom is -0.486 e. The summed E-state index contributed by atoms with van der Waals surface area (Å²) in [4.78, 5) is 25.7. The number of anilines is 1. The number of hydrogen-bond acceptors (Lipinski definition) is 7.